The molecule has 0 amide bonds. The van der Waals surface area contributed by atoms with Crippen molar-refractivity contribution >= 4 is 40.9 Å². The van der Waals surface area contributed by atoms with Crippen LogP contribution in [0, 0.1) is 12.7 Å². The van der Waals surface area contributed by atoms with Crippen LogP contribution >= 0.6 is 18.7 Å². The van der Waals surface area contributed by atoms with Crippen LogP contribution in [-0.4, -0.2) is 40.4 Å². The molecule has 10 heteroatoms. The van der Waals surface area contributed by atoms with Gasteiger partial charge < -0.3 is 14.6 Å². The number of nitrogens with zero attached hydrogens (tertiary/aromatic N) is 4. The summed E-state index contributed by atoms with van der Waals surface area (Å²) >= 11 is 6.63. The highest BCUT2D eigenvalue weighted by molar-refractivity contribution is 7.69. The van der Waals surface area contributed by atoms with Crippen LogP contribution in [0.2, 0.25) is 5.02 Å². The fourth-order valence-electron chi connectivity index (χ4n) is 3.55. The summed E-state index contributed by atoms with van der Waals surface area (Å²) in [4.78, 5) is 17.4. The van der Waals surface area contributed by atoms with E-state index < -0.39 is 13.0 Å². The maximum absolute atomic E-state index is 15.1. The average molecular weight is 500 g/mol. The Balaban J connectivity index is 1.81. The van der Waals surface area contributed by atoms with Gasteiger partial charge in [0.25, 0.3) is 0 Å². The van der Waals surface area contributed by atoms with Crippen LogP contribution in [-0.2, 0) is 4.57 Å². The van der Waals surface area contributed by atoms with E-state index in [0.717, 1.165) is 5.56 Å². The molecule has 0 bridgehead atoms. The minimum absolute atomic E-state index is 0.108. The molecule has 1 atom stereocenters. The van der Waals surface area contributed by atoms with Gasteiger partial charge in [0, 0.05) is 36.1 Å². The highest BCUT2D eigenvalue weighted by Crippen LogP contribution is 2.37. The molecule has 1 unspecified atom stereocenters. The van der Waals surface area contributed by atoms with Crippen molar-refractivity contribution in [2.45, 2.75) is 19.9 Å². The number of anilines is 1. The lowest BCUT2D eigenvalue weighted by atomic mass is 10.1. The zero-order valence-corrected chi connectivity index (χ0v) is 21.1. The minimum Gasteiger partial charge on any atom is -0.481 e. The summed E-state index contributed by atoms with van der Waals surface area (Å²) in [6.07, 6.45) is 3.14. The van der Waals surface area contributed by atoms with Gasteiger partial charge in [-0.3, -0.25) is 4.98 Å². The summed E-state index contributed by atoms with van der Waals surface area (Å²) < 4.78 is 32.6. The SMILES string of the molecule is COc1cc(C(C)Nc2c(Cl)c(C)nc3cc(F)c(-c4ccc(P(C)(C)=O)nc4)nc23)ccn1. The van der Waals surface area contributed by atoms with Gasteiger partial charge >= 0.3 is 0 Å². The summed E-state index contributed by atoms with van der Waals surface area (Å²) in [6.45, 7) is 7.00. The van der Waals surface area contributed by atoms with E-state index in [-0.39, 0.29) is 11.7 Å². The Kier molecular flexibility index (Phi) is 6.56. The number of methoxy groups -OCH3 is 1. The number of aromatic nitrogens is 4. The molecule has 0 aromatic carbocycles. The molecule has 0 aliphatic carbocycles. The van der Waals surface area contributed by atoms with E-state index in [1.165, 1.54) is 12.3 Å². The third-order valence-electron chi connectivity index (χ3n) is 5.42. The number of rotatable bonds is 6. The van der Waals surface area contributed by atoms with Crippen LogP contribution in [0.25, 0.3) is 22.3 Å². The van der Waals surface area contributed by atoms with Gasteiger partial charge in [-0.2, -0.15) is 0 Å². The number of halogens is 2. The van der Waals surface area contributed by atoms with Gasteiger partial charge in [-0.1, -0.05) is 11.6 Å². The summed E-state index contributed by atoms with van der Waals surface area (Å²) in [5.74, 6) is -0.0412. The number of ether oxygens (including phenoxy) is 1. The smallest absolute Gasteiger partial charge is 0.213 e. The van der Waals surface area contributed by atoms with Crippen molar-refractivity contribution in [3.8, 4) is 17.1 Å². The van der Waals surface area contributed by atoms with E-state index in [4.69, 9.17) is 16.3 Å². The fourth-order valence-corrected chi connectivity index (χ4v) is 4.50. The van der Waals surface area contributed by atoms with Gasteiger partial charge in [0.2, 0.25) is 5.88 Å². The third kappa shape index (κ3) is 4.74. The van der Waals surface area contributed by atoms with Crippen molar-refractivity contribution in [3.63, 3.8) is 0 Å². The summed E-state index contributed by atoms with van der Waals surface area (Å²) in [5, 5.41) is 3.80. The number of hydrogen-bond donors (Lipinski definition) is 1. The number of aryl methyl sites for hydroxylation is 1. The molecule has 0 saturated carbocycles. The Bertz CT molecular complexity index is 1430. The van der Waals surface area contributed by atoms with E-state index in [9.17, 15) is 4.57 Å². The van der Waals surface area contributed by atoms with Crippen molar-refractivity contribution in [1.82, 2.24) is 19.9 Å². The topological polar surface area (TPSA) is 89.9 Å². The fraction of sp³-hybridized carbons (Fsp3) is 0.250. The van der Waals surface area contributed by atoms with Gasteiger partial charge in [-0.25, -0.2) is 19.3 Å². The Morgan fingerprint density at radius 2 is 1.91 bits per heavy atom. The van der Waals surface area contributed by atoms with Crippen LogP contribution in [0.4, 0.5) is 10.1 Å². The Morgan fingerprint density at radius 1 is 1.15 bits per heavy atom. The predicted molar refractivity (Wildman–Crippen MR) is 134 cm³/mol. The molecule has 4 aromatic heterocycles. The van der Waals surface area contributed by atoms with Crippen molar-refractivity contribution in [2.24, 2.45) is 0 Å². The first kappa shape index (κ1) is 24.0. The van der Waals surface area contributed by atoms with Gasteiger partial charge in [0.15, 0.2) is 5.82 Å². The van der Waals surface area contributed by atoms with Crippen molar-refractivity contribution in [1.29, 1.82) is 0 Å². The first-order valence-electron chi connectivity index (χ1n) is 10.5. The van der Waals surface area contributed by atoms with Crippen LogP contribution < -0.4 is 15.5 Å². The molecule has 4 heterocycles. The van der Waals surface area contributed by atoms with Crippen molar-refractivity contribution < 1.29 is 13.7 Å². The first-order valence-corrected chi connectivity index (χ1v) is 13.5. The lowest BCUT2D eigenvalue weighted by Crippen LogP contribution is -2.10. The maximum Gasteiger partial charge on any atom is 0.213 e. The van der Waals surface area contributed by atoms with Crippen molar-refractivity contribution in [2.75, 3.05) is 25.8 Å². The largest absolute Gasteiger partial charge is 0.481 e. The molecule has 7 nitrogen and oxygen atoms in total. The molecule has 4 rings (SSSR count). The molecular weight excluding hydrogens is 476 g/mol. The molecule has 0 aliphatic heterocycles. The molecule has 0 spiro atoms. The van der Waals surface area contributed by atoms with Gasteiger partial charge in [-0.15, -0.1) is 0 Å². The molecule has 34 heavy (non-hydrogen) atoms. The van der Waals surface area contributed by atoms with Crippen LogP contribution in [0.3, 0.4) is 0 Å². The quantitative estimate of drug-likeness (QED) is 0.344. The molecule has 0 saturated heterocycles. The summed E-state index contributed by atoms with van der Waals surface area (Å²) in [5.41, 5.74) is 3.88. The van der Waals surface area contributed by atoms with E-state index >= 15 is 4.39 Å². The number of pyridine rings is 4. The third-order valence-corrected chi connectivity index (χ3v) is 7.25. The second-order valence-electron chi connectivity index (χ2n) is 8.33. The second-order valence-corrected chi connectivity index (χ2v) is 11.9. The minimum atomic E-state index is -2.53. The lowest BCUT2D eigenvalue weighted by Gasteiger charge is -2.19. The highest BCUT2D eigenvalue weighted by atomic mass is 35.5. The summed E-state index contributed by atoms with van der Waals surface area (Å²) in [6, 6.07) is 8.16. The molecule has 0 radical (unpaired) electrons. The van der Waals surface area contributed by atoms with Crippen molar-refractivity contribution in [3.05, 3.63) is 64.8 Å². The molecule has 0 aliphatic rings. The normalized spacial score (nSPS) is 12.6. The monoisotopic (exact) mass is 499 g/mol. The number of fused-ring (bicyclic) bond motifs is 1. The van der Waals surface area contributed by atoms with E-state index in [1.54, 1.807) is 45.7 Å². The zero-order valence-electron chi connectivity index (χ0n) is 19.4. The predicted octanol–water partition coefficient (Wildman–Crippen LogP) is 5.62. The second kappa shape index (κ2) is 9.28. The van der Waals surface area contributed by atoms with Gasteiger partial charge in [0.1, 0.15) is 18.4 Å². The molecule has 176 valence electrons. The van der Waals surface area contributed by atoms with E-state index in [1.807, 2.05) is 19.1 Å². The van der Waals surface area contributed by atoms with E-state index in [2.05, 4.69) is 25.3 Å². The summed E-state index contributed by atoms with van der Waals surface area (Å²) in [7, 11) is -0.970. The van der Waals surface area contributed by atoms with Gasteiger partial charge in [0.05, 0.1) is 34.5 Å². The van der Waals surface area contributed by atoms with Crippen LogP contribution in [0.1, 0.15) is 24.2 Å². The number of nitrogens with one attached hydrogen (secondary N) is 1. The molecule has 4 aromatic rings. The van der Waals surface area contributed by atoms with Crippen LogP contribution in [0.15, 0.2) is 42.7 Å². The van der Waals surface area contributed by atoms with Crippen LogP contribution in [0.5, 0.6) is 5.88 Å². The average Bonchev–Trinajstić information content (AvgIpc) is 2.81. The van der Waals surface area contributed by atoms with E-state index in [0.29, 0.717) is 44.3 Å². The Morgan fingerprint density at radius 3 is 2.56 bits per heavy atom. The Hall–Kier alpha value is -3.09. The Labute approximate surface area is 202 Å². The lowest BCUT2D eigenvalue weighted by molar-refractivity contribution is 0.397. The number of hydrogen-bond acceptors (Lipinski definition) is 7. The molecule has 1 N–H and O–H groups in total. The maximum atomic E-state index is 15.1. The first-order chi connectivity index (χ1) is 16.1. The highest BCUT2D eigenvalue weighted by Gasteiger charge is 2.20. The van der Waals surface area contributed by atoms with Gasteiger partial charge in [-0.05, 0) is 50.9 Å². The zero-order chi connectivity index (χ0) is 24.6. The molecule has 0 fully saturated rings. The standard InChI is InChI=1S/C24H24ClFN5O2P/c1-13(15-8-9-27-19(10-15)33-3)30-24-21(25)14(2)29-18-11-17(26)22(31-23(18)24)16-6-7-20(28-12-16)34(4,5)32/h6-13H,1-5H3,(H,29,30). The molecular formula is C24H24ClFN5O2P.